The number of carbonyl (C=O) groups is 1. The van der Waals surface area contributed by atoms with Crippen molar-refractivity contribution >= 4 is 17.2 Å². The molecule has 2 aromatic heterocycles. The third kappa shape index (κ3) is 2.12. The maximum absolute atomic E-state index is 11.9. The summed E-state index contributed by atoms with van der Waals surface area (Å²) in [6.45, 7) is 1.94. The van der Waals surface area contributed by atoms with Crippen molar-refractivity contribution in [2.75, 3.05) is 25.9 Å². The highest BCUT2D eigenvalue weighted by atomic mass is 16.5. The van der Waals surface area contributed by atoms with E-state index in [1.54, 1.807) is 6.07 Å². The second-order valence-corrected chi connectivity index (χ2v) is 5.05. The van der Waals surface area contributed by atoms with Crippen LogP contribution in [0.3, 0.4) is 0 Å². The Kier molecular flexibility index (Phi) is 3.31. The van der Waals surface area contributed by atoms with E-state index in [9.17, 15) is 4.79 Å². The molecule has 0 amide bonds. The van der Waals surface area contributed by atoms with E-state index in [0.29, 0.717) is 17.3 Å². The Balaban J connectivity index is 2.15. The van der Waals surface area contributed by atoms with E-state index < -0.39 is 5.97 Å². The number of nitrogens with zero attached hydrogens (tertiary/aromatic N) is 2. The zero-order valence-corrected chi connectivity index (χ0v) is 11.4. The molecule has 0 aromatic carbocycles. The minimum atomic E-state index is -0.410. The molecular formula is C14H18N4O2. The van der Waals surface area contributed by atoms with Crippen LogP contribution in [0.4, 0.5) is 5.69 Å². The van der Waals surface area contributed by atoms with E-state index in [0.717, 1.165) is 37.3 Å². The Hall–Kier alpha value is -2.08. The second kappa shape index (κ2) is 5.13. The molecule has 3 N–H and O–H groups in total. The van der Waals surface area contributed by atoms with Crippen LogP contribution < -0.4 is 11.1 Å². The maximum atomic E-state index is 11.9. The number of imidazole rings is 1. The van der Waals surface area contributed by atoms with Crippen LogP contribution in [0.1, 0.15) is 35.1 Å². The molecule has 0 spiro atoms. The predicted molar refractivity (Wildman–Crippen MR) is 75.8 cm³/mol. The average Bonchev–Trinajstić information content (AvgIpc) is 2.86. The van der Waals surface area contributed by atoms with Gasteiger partial charge in [0.05, 0.1) is 12.6 Å². The normalized spacial score (nSPS) is 16.4. The molecule has 3 heterocycles. The molecule has 0 atom stereocenters. The van der Waals surface area contributed by atoms with Gasteiger partial charge in [-0.2, -0.15) is 0 Å². The number of nitrogen functional groups attached to an aromatic ring is 1. The van der Waals surface area contributed by atoms with E-state index in [-0.39, 0.29) is 0 Å². The number of rotatable bonds is 2. The van der Waals surface area contributed by atoms with Gasteiger partial charge < -0.3 is 20.2 Å². The molecular weight excluding hydrogens is 256 g/mol. The third-order valence-electron chi connectivity index (χ3n) is 3.77. The van der Waals surface area contributed by atoms with E-state index in [2.05, 4.69) is 10.3 Å². The summed E-state index contributed by atoms with van der Waals surface area (Å²) in [6.07, 6.45) is 3.84. The minimum Gasteiger partial charge on any atom is -0.464 e. The van der Waals surface area contributed by atoms with Crippen LogP contribution in [-0.4, -0.2) is 35.6 Å². The lowest BCUT2D eigenvalue weighted by atomic mass is 9.97. The summed E-state index contributed by atoms with van der Waals surface area (Å²) < 4.78 is 6.75. The summed E-state index contributed by atoms with van der Waals surface area (Å²) in [4.78, 5) is 16.4. The summed E-state index contributed by atoms with van der Waals surface area (Å²) in [5.41, 5.74) is 7.63. The van der Waals surface area contributed by atoms with Gasteiger partial charge in [0.15, 0.2) is 5.69 Å². The van der Waals surface area contributed by atoms with Crippen molar-refractivity contribution in [2.24, 2.45) is 0 Å². The van der Waals surface area contributed by atoms with Gasteiger partial charge in [0.1, 0.15) is 5.82 Å². The lowest BCUT2D eigenvalue weighted by Crippen LogP contribution is -2.27. The van der Waals surface area contributed by atoms with Crippen LogP contribution in [0.5, 0.6) is 0 Å². The van der Waals surface area contributed by atoms with Gasteiger partial charge in [0.25, 0.3) is 0 Å². The number of hydrogen-bond donors (Lipinski definition) is 2. The quantitative estimate of drug-likeness (QED) is 0.803. The van der Waals surface area contributed by atoms with Gasteiger partial charge in [0, 0.05) is 17.8 Å². The zero-order chi connectivity index (χ0) is 14.1. The molecule has 106 valence electrons. The number of nitrogens with one attached hydrogen (secondary N) is 1. The smallest absolute Gasteiger partial charge is 0.358 e. The number of nitrogens with two attached hydrogens (primary N) is 1. The van der Waals surface area contributed by atoms with Crippen LogP contribution in [-0.2, 0) is 4.74 Å². The van der Waals surface area contributed by atoms with Gasteiger partial charge >= 0.3 is 5.97 Å². The number of methoxy groups -OCH3 is 1. The summed E-state index contributed by atoms with van der Waals surface area (Å²) in [6, 6.07) is 3.59. The number of aromatic nitrogens is 2. The SMILES string of the molecule is COC(=O)c1nc(C2CCNCC2)n2cc(N)ccc12. The molecule has 20 heavy (non-hydrogen) atoms. The van der Waals surface area contributed by atoms with Gasteiger partial charge in [-0.25, -0.2) is 9.78 Å². The largest absolute Gasteiger partial charge is 0.464 e. The Bertz CT molecular complexity index is 644. The highest BCUT2D eigenvalue weighted by Gasteiger charge is 2.24. The van der Waals surface area contributed by atoms with Crippen molar-refractivity contribution in [3.8, 4) is 0 Å². The molecule has 1 fully saturated rings. The molecule has 0 saturated carbocycles. The molecule has 0 radical (unpaired) electrons. The van der Waals surface area contributed by atoms with E-state index in [1.165, 1.54) is 7.11 Å². The number of esters is 1. The fraction of sp³-hybridized carbons (Fsp3) is 0.429. The number of carbonyl (C=O) groups excluding carboxylic acids is 1. The van der Waals surface area contributed by atoms with E-state index >= 15 is 0 Å². The molecule has 1 aliphatic rings. The van der Waals surface area contributed by atoms with Gasteiger partial charge in [-0.3, -0.25) is 0 Å². The number of anilines is 1. The summed E-state index contributed by atoms with van der Waals surface area (Å²) in [5, 5.41) is 3.33. The molecule has 0 aliphatic carbocycles. The Morgan fingerprint density at radius 2 is 2.20 bits per heavy atom. The fourth-order valence-electron chi connectivity index (χ4n) is 2.74. The molecule has 3 rings (SSSR count). The van der Waals surface area contributed by atoms with Crippen LogP contribution in [0.15, 0.2) is 18.3 Å². The van der Waals surface area contributed by atoms with Crippen LogP contribution in [0, 0.1) is 0 Å². The molecule has 0 unspecified atom stereocenters. The maximum Gasteiger partial charge on any atom is 0.358 e. The van der Waals surface area contributed by atoms with Crippen molar-refractivity contribution in [1.29, 1.82) is 0 Å². The van der Waals surface area contributed by atoms with Crippen LogP contribution in [0.25, 0.3) is 5.52 Å². The molecule has 1 saturated heterocycles. The lowest BCUT2D eigenvalue weighted by molar-refractivity contribution is 0.0596. The topological polar surface area (TPSA) is 81.6 Å². The van der Waals surface area contributed by atoms with Crippen molar-refractivity contribution in [1.82, 2.24) is 14.7 Å². The summed E-state index contributed by atoms with van der Waals surface area (Å²) in [5.74, 6) is 0.825. The minimum absolute atomic E-state index is 0.337. The molecule has 0 bridgehead atoms. The number of ether oxygens (including phenoxy) is 1. The van der Waals surface area contributed by atoms with Gasteiger partial charge in [-0.05, 0) is 38.1 Å². The number of pyridine rings is 1. The monoisotopic (exact) mass is 274 g/mol. The first-order chi connectivity index (χ1) is 9.70. The standard InChI is InChI=1S/C14H18N4O2/c1-20-14(19)12-11-3-2-10(15)8-18(11)13(17-12)9-4-6-16-7-5-9/h2-3,8-9,16H,4-7,15H2,1H3. The number of hydrogen-bond acceptors (Lipinski definition) is 5. The zero-order valence-electron chi connectivity index (χ0n) is 11.4. The predicted octanol–water partition coefficient (Wildman–Crippen LogP) is 1.17. The number of piperidine rings is 1. The van der Waals surface area contributed by atoms with Crippen molar-refractivity contribution in [3.05, 3.63) is 29.8 Å². The van der Waals surface area contributed by atoms with Crippen molar-refractivity contribution < 1.29 is 9.53 Å². The highest BCUT2D eigenvalue weighted by molar-refractivity contribution is 5.95. The first kappa shape index (κ1) is 12.9. The van der Waals surface area contributed by atoms with E-state index in [1.807, 2.05) is 16.7 Å². The van der Waals surface area contributed by atoms with Crippen molar-refractivity contribution in [2.45, 2.75) is 18.8 Å². The highest BCUT2D eigenvalue weighted by Crippen LogP contribution is 2.27. The number of fused-ring (bicyclic) bond motifs is 1. The van der Waals surface area contributed by atoms with Gasteiger partial charge in [-0.1, -0.05) is 0 Å². The van der Waals surface area contributed by atoms with Gasteiger partial charge in [0.2, 0.25) is 0 Å². The average molecular weight is 274 g/mol. The molecule has 1 aliphatic heterocycles. The third-order valence-corrected chi connectivity index (χ3v) is 3.77. The van der Waals surface area contributed by atoms with Crippen LogP contribution in [0.2, 0.25) is 0 Å². The Labute approximate surface area is 116 Å². The fourth-order valence-corrected chi connectivity index (χ4v) is 2.74. The summed E-state index contributed by atoms with van der Waals surface area (Å²) in [7, 11) is 1.37. The van der Waals surface area contributed by atoms with Crippen molar-refractivity contribution in [3.63, 3.8) is 0 Å². The summed E-state index contributed by atoms with van der Waals surface area (Å²) >= 11 is 0. The first-order valence-corrected chi connectivity index (χ1v) is 6.77. The second-order valence-electron chi connectivity index (χ2n) is 5.05. The Morgan fingerprint density at radius 3 is 2.90 bits per heavy atom. The van der Waals surface area contributed by atoms with Crippen LogP contribution >= 0.6 is 0 Å². The Morgan fingerprint density at radius 1 is 1.45 bits per heavy atom. The molecule has 2 aromatic rings. The molecule has 6 nitrogen and oxygen atoms in total. The first-order valence-electron chi connectivity index (χ1n) is 6.77. The lowest BCUT2D eigenvalue weighted by Gasteiger charge is -2.21. The molecule has 6 heteroatoms. The van der Waals surface area contributed by atoms with Gasteiger partial charge in [-0.15, -0.1) is 0 Å². The van der Waals surface area contributed by atoms with E-state index in [4.69, 9.17) is 10.5 Å².